The van der Waals surface area contributed by atoms with Gasteiger partial charge in [0.1, 0.15) is 5.01 Å². The molecule has 0 saturated carbocycles. The van der Waals surface area contributed by atoms with Gasteiger partial charge in [0.25, 0.3) is 0 Å². The SMILES string of the molecule is C/C=C/C=C/C(=O)Nc1cccc(-c2csc(-c3ccncc3)n2)c1. The van der Waals surface area contributed by atoms with E-state index in [0.717, 1.165) is 27.5 Å². The average Bonchev–Trinajstić information content (AvgIpc) is 3.13. The van der Waals surface area contributed by atoms with E-state index in [9.17, 15) is 4.79 Å². The summed E-state index contributed by atoms with van der Waals surface area (Å²) in [7, 11) is 0. The Labute approximate surface area is 150 Å². The Morgan fingerprint density at radius 2 is 1.96 bits per heavy atom. The summed E-state index contributed by atoms with van der Waals surface area (Å²) < 4.78 is 0. The quantitative estimate of drug-likeness (QED) is 0.525. The minimum Gasteiger partial charge on any atom is -0.322 e. The van der Waals surface area contributed by atoms with Crippen LogP contribution in [0.5, 0.6) is 0 Å². The van der Waals surface area contributed by atoms with Crippen LogP contribution < -0.4 is 5.32 Å². The molecule has 1 amide bonds. The van der Waals surface area contributed by atoms with Crippen LogP contribution in [-0.2, 0) is 4.79 Å². The highest BCUT2D eigenvalue weighted by Gasteiger charge is 2.07. The van der Waals surface area contributed by atoms with Crippen molar-refractivity contribution in [1.82, 2.24) is 9.97 Å². The molecule has 0 atom stereocenters. The van der Waals surface area contributed by atoms with Gasteiger partial charge in [-0.25, -0.2) is 4.98 Å². The average molecular weight is 347 g/mol. The molecule has 0 saturated heterocycles. The molecule has 3 rings (SSSR count). The lowest BCUT2D eigenvalue weighted by Crippen LogP contribution is -2.07. The fraction of sp³-hybridized carbons (Fsp3) is 0.0500. The number of carbonyl (C=O) groups excluding carboxylic acids is 1. The van der Waals surface area contributed by atoms with Crippen molar-refractivity contribution in [2.24, 2.45) is 0 Å². The molecule has 124 valence electrons. The van der Waals surface area contributed by atoms with E-state index in [0.29, 0.717) is 0 Å². The Bertz CT molecular complexity index is 913. The summed E-state index contributed by atoms with van der Waals surface area (Å²) in [6.45, 7) is 1.90. The number of benzene rings is 1. The smallest absolute Gasteiger partial charge is 0.248 e. The summed E-state index contributed by atoms with van der Waals surface area (Å²) in [5.41, 5.74) is 3.64. The molecule has 3 aromatic rings. The van der Waals surface area contributed by atoms with Crippen LogP contribution in [0, 0.1) is 0 Å². The van der Waals surface area contributed by atoms with Gasteiger partial charge in [0.2, 0.25) is 5.91 Å². The maximum atomic E-state index is 11.9. The zero-order valence-electron chi connectivity index (χ0n) is 13.7. The number of anilines is 1. The highest BCUT2D eigenvalue weighted by atomic mass is 32.1. The van der Waals surface area contributed by atoms with Crippen molar-refractivity contribution in [3.05, 3.63) is 78.5 Å². The van der Waals surface area contributed by atoms with Crippen molar-refractivity contribution in [2.45, 2.75) is 6.92 Å². The number of carbonyl (C=O) groups is 1. The molecule has 4 nitrogen and oxygen atoms in total. The summed E-state index contributed by atoms with van der Waals surface area (Å²) in [6, 6.07) is 11.6. The molecule has 25 heavy (non-hydrogen) atoms. The molecule has 0 aliphatic carbocycles. The van der Waals surface area contributed by atoms with Gasteiger partial charge in [0.15, 0.2) is 0 Å². The summed E-state index contributed by atoms with van der Waals surface area (Å²) in [4.78, 5) is 20.6. The van der Waals surface area contributed by atoms with Crippen molar-refractivity contribution in [3.63, 3.8) is 0 Å². The van der Waals surface area contributed by atoms with E-state index < -0.39 is 0 Å². The topological polar surface area (TPSA) is 54.9 Å². The Hall–Kier alpha value is -3.05. The van der Waals surface area contributed by atoms with Crippen molar-refractivity contribution >= 4 is 22.9 Å². The van der Waals surface area contributed by atoms with Gasteiger partial charge in [0.05, 0.1) is 5.69 Å². The van der Waals surface area contributed by atoms with Gasteiger partial charge in [-0.05, 0) is 31.2 Å². The van der Waals surface area contributed by atoms with Crippen molar-refractivity contribution < 1.29 is 4.79 Å². The van der Waals surface area contributed by atoms with Crippen LogP contribution in [0.15, 0.2) is 78.5 Å². The van der Waals surface area contributed by atoms with Crippen LogP contribution in [0.1, 0.15) is 6.92 Å². The molecule has 0 spiro atoms. The summed E-state index contributed by atoms with van der Waals surface area (Å²) in [5, 5.41) is 5.82. The van der Waals surface area contributed by atoms with Gasteiger partial charge < -0.3 is 5.32 Å². The zero-order chi connectivity index (χ0) is 17.5. The molecule has 1 N–H and O–H groups in total. The van der Waals surface area contributed by atoms with Gasteiger partial charge in [-0.1, -0.05) is 30.4 Å². The van der Waals surface area contributed by atoms with Crippen molar-refractivity contribution in [1.29, 1.82) is 0 Å². The van der Waals surface area contributed by atoms with Gasteiger partial charge in [-0.2, -0.15) is 0 Å². The number of rotatable bonds is 5. The predicted molar refractivity (Wildman–Crippen MR) is 103 cm³/mol. The number of hydrogen-bond donors (Lipinski definition) is 1. The van der Waals surface area contributed by atoms with E-state index in [4.69, 9.17) is 0 Å². The standard InChI is InChI=1S/C20H17N3OS/c1-2-3-4-8-19(24)22-17-7-5-6-16(13-17)18-14-25-20(23-18)15-9-11-21-12-10-15/h2-14H,1H3,(H,22,24)/b3-2+,8-4+. The molecule has 0 aliphatic heterocycles. The van der Waals surface area contributed by atoms with Gasteiger partial charge in [0, 0.05) is 40.7 Å². The lowest BCUT2D eigenvalue weighted by atomic mass is 10.1. The molecule has 0 radical (unpaired) electrons. The first-order chi connectivity index (χ1) is 12.3. The minimum absolute atomic E-state index is 0.161. The van der Waals surface area contributed by atoms with Crippen molar-refractivity contribution in [2.75, 3.05) is 5.32 Å². The Morgan fingerprint density at radius 1 is 1.12 bits per heavy atom. The lowest BCUT2D eigenvalue weighted by Gasteiger charge is -2.04. The number of pyridine rings is 1. The van der Waals surface area contributed by atoms with E-state index in [1.807, 2.05) is 60.9 Å². The molecule has 2 heterocycles. The first-order valence-corrected chi connectivity index (χ1v) is 8.71. The second kappa shape index (κ2) is 8.17. The Balaban J connectivity index is 1.78. The monoisotopic (exact) mass is 347 g/mol. The second-order valence-electron chi connectivity index (χ2n) is 5.23. The molecule has 0 bridgehead atoms. The van der Waals surface area contributed by atoms with Gasteiger partial charge >= 0.3 is 0 Å². The van der Waals surface area contributed by atoms with E-state index in [-0.39, 0.29) is 5.91 Å². The molecular formula is C20H17N3OS. The summed E-state index contributed by atoms with van der Waals surface area (Å²) >= 11 is 1.59. The number of nitrogens with zero attached hydrogens (tertiary/aromatic N) is 2. The first kappa shape index (κ1) is 16.8. The molecule has 0 unspecified atom stereocenters. The zero-order valence-corrected chi connectivity index (χ0v) is 14.5. The lowest BCUT2D eigenvalue weighted by molar-refractivity contribution is -0.111. The molecule has 0 aliphatic rings. The van der Waals surface area contributed by atoms with Crippen LogP contribution in [-0.4, -0.2) is 15.9 Å². The fourth-order valence-electron chi connectivity index (χ4n) is 2.23. The van der Waals surface area contributed by atoms with Crippen molar-refractivity contribution in [3.8, 4) is 21.8 Å². The highest BCUT2D eigenvalue weighted by molar-refractivity contribution is 7.13. The summed E-state index contributed by atoms with van der Waals surface area (Å²) in [6.07, 6.45) is 10.4. The molecule has 2 aromatic heterocycles. The van der Waals surface area contributed by atoms with Crippen LogP contribution in [0.2, 0.25) is 0 Å². The molecule has 5 heteroatoms. The van der Waals surface area contributed by atoms with Crippen LogP contribution in [0.25, 0.3) is 21.8 Å². The number of allylic oxidation sites excluding steroid dienone is 3. The van der Waals surface area contributed by atoms with Crippen LogP contribution >= 0.6 is 11.3 Å². The van der Waals surface area contributed by atoms with E-state index in [1.165, 1.54) is 6.08 Å². The van der Waals surface area contributed by atoms with Crippen LogP contribution in [0.4, 0.5) is 5.69 Å². The maximum Gasteiger partial charge on any atom is 0.248 e. The largest absolute Gasteiger partial charge is 0.322 e. The number of thiazole rings is 1. The van der Waals surface area contributed by atoms with Crippen LogP contribution in [0.3, 0.4) is 0 Å². The molecule has 0 fully saturated rings. The number of nitrogens with one attached hydrogen (secondary N) is 1. The summed E-state index contributed by atoms with van der Waals surface area (Å²) in [5.74, 6) is -0.161. The predicted octanol–water partition coefficient (Wildman–Crippen LogP) is 4.94. The van der Waals surface area contributed by atoms with E-state index in [1.54, 1.807) is 29.8 Å². The first-order valence-electron chi connectivity index (χ1n) is 7.83. The van der Waals surface area contributed by atoms with Gasteiger partial charge in [-0.15, -0.1) is 11.3 Å². The third kappa shape index (κ3) is 4.49. The second-order valence-corrected chi connectivity index (χ2v) is 6.09. The third-order valence-corrected chi connectivity index (χ3v) is 4.30. The molecule has 1 aromatic carbocycles. The molecular weight excluding hydrogens is 330 g/mol. The Morgan fingerprint density at radius 3 is 2.76 bits per heavy atom. The van der Waals surface area contributed by atoms with E-state index >= 15 is 0 Å². The highest BCUT2D eigenvalue weighted by Crippen LogP contribution is 2.29. The number of amides is 1. The fourth-order valence-corrected chi connectivity index (χ4v) is 3.06. The number of aromatic nitrogens is 2. The normalized spacial score (nSPS) is 11.2. The Kier molecular flexibility index (Phi) is 5.49. The van der Waals surface area contributed by atoms with E-state index in [2.05, 4.69) is 15.3 Å². The minimum atomic E-state index is -0.161. The number of hydrogen-bond acceptors (Lipinski definition) is 4. The van der Waals surface area contributed by atoms with Gasteiger partial charge in [-0.3, -0.25) is 9.78 Å². The maximum absolute atomic E-state index is 11.9. The third-order valence-electron chi connectivity index (χ3n) is 3.41.